The van der Waals surface area contributed by atoms with Gasteiger partial charge in [0.25, 0.3) is 0 Å². The van der Waals surface area contributed by atoms with E-state index < -0.39 is 0 Å². The molecule has 0 radical (unpaired) electrons. The smallest absolute Gasteiger partial charge is 0.0738 e. The molecule has 1 aliphatic rings. The highest BCUT2D eigenvalue weighted by molar-refractivity contribution is 9.10. The van der Waals surface area contributed by atoms with Gasteiger partial charge in [0.15, 0.2) is 0 Å². The van der Waals surface area contributed by atoms with Crippen LogP contribution in [0.3, 0.4) is 0 Å². The highest BCUT2D eigenvalue weighted by atomic mass is 79.9. The van der Waals surface area contributed by atoms with Crippen molar-refractivity contribution >= 4 is 15.9 Å². The number of rotatable bonds is 5. The Morgan fingerprint density at radius 3 is 2.85 bits per heavy atom. The van der Waals surface area contributed by atoms with Crippen LogP contribution in [-0.2, 0) is 13.0 Å². The van der Waals surface area contributed by atoms with Gasteiger partial charge in [-0.05, 0) is 54.5 Å². The summed E-state index contributed by atoms with van der Waals surface area (Å²) in [4.78, 5) is 0. The van der Waals surface area contributed by atoms with Crippen LogP contribution in [0.4, 0.5) is 0 Å². The zero-order chi connectivity index (χ0) is 14.7. The maximum atomic E-state index is 5.85. The molecule has 0 saturated heterocycles. The van der Waals surface area contributed by atoms with E-state index in [2.05, 4.69) is 45.0 Å². The Balaban J connectivity index is 2.13. The molecule has 3 atom stereocenters. The lowest BCUT2D eigenvalue weighted by molar-refractivity contribution is 0.220. The van der Waals surface area contributed by atoms with E-state index in [-0.39, 0.29) is 0 Å². The van der Waals surface area contributed by atoms with E-state index in [1.807, 2.05) is 6.92 Å². The van der Waals surface area contributed by atoms with Gasteiger partial charge in [0.05, 0.1) is 15.9 Å². The Kier molecular flexibility index (Phi) is 5.64. The molecule has 1 aliphatic carbocycles. The van der Waals surface area contributed by atoms with Crippen LogP contribution in [-0.4, -0.2) is 15.8 Å². The molecule has 1 heterocycles. The predicted octanol–water partition coefficient (Wildman–Crippen LogP) is 3.17. The average Bonchev–Trinajstić information content (AvgIpc) is 2.71. The maximum absolute atomic E-state index is 5.85. The van der Waals surface area contributed by atoms with E-state index in [1.54, 1.807) is 0 Å². The number of halogens is 1. The predicted molar refractivity (Wildman–Crippen MR) is 86.3 cm³/mol. The number of hydrogen-bond donors (Lipinski definition) is 2. The normalized spacial score (nSPS) is 24.9. The number of aromatic nitrogens is 2. The largest absolute Gasteiger partial charge is 0.271 e. The fourth-order valence-electron chi connectivity index (χ4n) is 3.48. The molecule has 3 N–H and O–H groups in total. The van der Waals surface area contributed by atoms with Crippen molar-refractivity contribution in [3.63, 3.8) is 0 Å². The van der Waals surface area contributed by atoms with Gasteiger partial charge >= 0.3 is 0 Å². The molecule has 1 aromatic heterocycles. The molecular weight excluding hydrogens is 316 g/mol. The minimum Gasteiger partial charge on any atom is -0.271 e. The van der Waals surface area contributed by atoms with Crippen LogP contribution in [0.15, 0.2) is 4.47 Å². The summed E-state index contributed by atoms with van der Waals surface area (Å²) in [6.45, 7) is 7.44. The van der Waals surface area contributed by atoms with Crippen molar-refractivity contribution in [2.75, 3.05) is 0 Å². The summed E-state index contributed by atoms with van der Waals surface area (Å²) in [5.41, 5.74) is 5.40. The lowest BCUT2D eigenvalue weighted by Gasteiger charge is -2.33. The molecule has 3 unspecified atom stereocenters. The first-order chi connectivity index (χ1) is 9.56. The molecule has 1 fully saturated rings. The Morgan fingerprint density at radius 1 is 1.50 bits per heavy atom. The number of hydrazine groups is 1. The second-order valence-electron chi connectivity index (χ2n) is 6.17. The van der Waals surface area contributed by atoms with Crippen molar-refractivity contribution in [2.45, 2.75) is 65.5 Å². The molecule has 0 spiro atoms. The van der Waals surface area contributed by atoms with Gasteiger partial charge < -0.3 is 0 Å². The van der Waals surface area contributed by atoms with Crippen LogP contribution in [0.25, 0.3) is 0 Å². The number of nitrogens with two attached hydrogens (primary N) is 1. The summed E-state index contributed by atoms with van der Waals surface area (Å²) < 4.78 is 3.24. The van der Waals surface area contributed by atoms with E-state index in [1.165, 1.54) is 31.4 Å². The minimum atomic E-state index is 0.343. The molecule has 20 heavy (non-hydrogen) atoms. The molecule has 0 aromatic carbocycles. The maximum Gasteiger partial charge on any atom is 0.0738 e. The van der Waals surface area contributed by atoms with E-state index in [4.69, 9.17) is 5.84 Å². The van der Waals surface area contributed by atoms with Crippen molar-refractivity contribution in [2.24, 2.45) is 17.7 Å². The second-order valence-corrected chi connectivity index (χ2v) is 6.96. The zero-order valence-corrected chi connectivity index (χ0v) is 14.4. The number of hydrogen-bond acceptors (Lipinski definition) is 3. The Labute approximate surface area is 130 Å². The van der Waals surface area contributed by atoms with E-state index in [0.29, 0.717) is 12.0 Å². The van der Waals surface area contributed by atoms with Gasteiger partial charge in [-0.2, -0.15) is 5.10 Å². The van der Waals surface area contributed by atoms with Crippen LogP contribution < -0.4 is 11.3 Å². The lowest BCUT2D eigenvalue weighted by Crippen LogP contribution is -2.44. The highest BCUT2D eigenvalue weighted by Crippen LogP contribution is 2.33. The van der Waals surface area contributed by atoms with Gasteiger partial charge in [-0.1, -0.05) is 19.8 Å². The summed E-state index contributed by atoms with van der Waals surface area (Å²) >= 11 is 3.68. The van der Waals surface area contributed by atoms with Gasteiger partial charge in [-0.3, -0.25) is 16.0 Å². The monoisotopic (exact) mass is 342 g/mol. The standard InChI is InChI=1S/C15H27BrN4/c1-4-20-14(15(16)11(3)19-20)9-13(18-17)12-7-5-6-10(2)8-12/h10,12-13,18H,4-9,17H2,1-3H3. The molecule has 1 aromatic rings. The van der Waals surface area contributed by atoms with Gasteiger partial charge in [-0.25, -0.2) is 0 Å². The summed E-state index contributed by atoms with van der Waals surface area (Å²) in [5.74, 6) is 7.35. The number of aryl methyl sites for hydroxylation is 2. The second kappa shape index (κ2) is 7.05. The Bertz CT molecular complexity index is 443. The molecule has 0 aliphatic heterocycles. The van der Waals surface area contributed by atoms with Crippen LogP contribution in [0.1, 0.15) is 50.9 Å². The third-order valence-electron chi connectivity index (χ3n) is 4.63. The summed E-state index contributed by atoms with van der Waals surface area (Å²) in [7, 11) is 0. The van der Waals surface area contributed by atoms with Crippen LogP contribution in [0.2, 0.25) is 0 Å². The molecule has 114 valence electrons. The van der Waals surface area contributed by atoms with Gasteiger partial charge in [0, 0.05) is 19.0 Å². The fraction of sp³-hybridized carbons (Fsp3) is 0.800. The van der Waals surface area contributed by atoms with Crippen molar-refractivity contribution < 1.29 is 0 Å². The van der Waals surface area contributed by atoms with Gasteiger partial charge in [0.2, 0.25) is 0 Å². The molecule has 0 amide bonds. The van der Waals surface area contributed by atoms with Crippen LogP contribution >= 0.6 is 15.9 Å². The van der Waals surface area contributed by atoms with E-state index >= 15 is 0 Å². The first kappa shape index (κ1) is 16.0. The van der Waals surface area contributed by atoms with Crippen molar-refractivity contribution in [3.05, 3.63) is 15.9 Å². The Hall–Kier alpha value is -0.390. The van der Waals surface area contributed by atoms with E-state index in [0.717, 1.165) is 29.1 Å². The summed E-state index contributed by atoms with van der Waals surface area (Å²) in [6.07, 6.45) is 6.21. The Morgan fingerprint density at radius 2 is 2.25 bits per heavy atom. The SMILES string of the molecule is CCn1nc(C)c(Br)c1CC(NN)C1CCCC(C)C1. The third-order valence-corrected chi connectivity index (χ3v) is 5.66. The van der Waals surface area contributed by atoms with Crippen LogP contribution in [0, 0.1) is 18.8 Å². The highest BCUT2D eigenvalue weighted by Gasteiger charge is 2.28. The minimum absolute atomic E-state index is 0.343. The topological polar surface area (TPSA) is 55.9 Å². The zero-order valence-electron chi connectivity index (χ0n) is 12.8. The molecule has 4 nitrogen and oxygen atoms in total. The van der Waals surface area contributed by atoms with Gasteiger partial charge in [0.1, 0.15) is 0 Å². The quantitative estimate of drug-likeness (QED) is 0.638. The molecular formula is C15H27BrN4. The van der Waals surface area contributed by atoms with Crippen molar-refractivity contribution in [3.8, 4) is 0 Å². The number of nitrogens with zero attached hydrogens (tertiary/aromatic N) is 2. The summed E-state index contributed by atoms with van der Waals surface area (Å²) in [5, 5.41) is 4.58. The van der Waals surface area contributed by atoms with Gasteiger partial charge in [-0.15, -0.1) is 0 Å². The fourth-order valence-corrected chi connectivity index (χ4v) is 3.93. The number of nitrogens with one attached hydrogen (secondary N) is 1. The third kappa shape index (κ3) is 3.43. The van der Waals surface area contributed by atoms with Crippen molar-refractivity contribution in [1.29, 1.82) is 0 Å². The first-order valence-electron chi connectivity index (χ1n) is 7.74. The summed E-state index contributed by atoms with van der Waals surface area (Å²) in [6, 6.07) is 0.343. The first-order valence-corrected chi connectivity index (χ1v) is 8.54. The van der Waals surface area contributed by atoms with E-state index in [9.17, 15) is 0 Å². The van der Waals surface area contributed by atoms with Crippen LogP contribution in [0.5, 0.6) is 0 Å². The molecule has 0 bridgehead atoms. The van der Waals surface area contributed by atoms with Crippen molar-refractivity contribution in [1.82, 2.24) is 15.2 Å². The molecule has 2 rings (SSSR count). The lowest BCUT2D eigenvalue weighted by atomic mass is 9.77. The molecule has 5 heteroatoms. The average molecular weight is 343 g/mol. The molecule has 1 saturated carbocycles.